The van der Waals surface area contributed by atoms with E-state index in [1.807, 2.05) is 13.0 Å². The SMILES string of the molecule is CCCOc1ccc([C@@H]2NC(=O)NC(C)=C2C(=O)OC[C@H]2CCCO2)cc1OC. The zero-order chi connectivity index (χ0) is 20.8. The molecule has 2 amide bonds. The molecule has 8 nitrogen and oxygen atoms in total. The molecule has 0 saturated carbocycles. The van der Waals surface area contributed by atoms with Crippen LogP contribution in [0.1, 0.15) is 44.7 Å². The van der Waals surface area contributed by atoms with Gasteiger partial charge < -0.3 is 29.6 Å². The van der Waals surface area contributed by atoms with E-state index in [2.05, 4.69) is 10.6 Å². The molecule has 1 aromatic carbocycles. The Balaban J connectivity index is 1.83. The molecule has 2 heterocycles. The molecule has 0 aliphatic carbocycles. The van der Waals surface area contributed by atoms with Crippen LogP contribution in [0, 0.1) is 0 Å². The van der Waals surface area contributed by atoms with E-state index in [9.17, 15) is 9.59 Å². The summed E-state index contributed by atoms with van der Waals surface area (Å²) in [5.41, 5.74) is 1.51. The second-order valence-corrected chi connectivity index (χ2v) is 7.06. The number of hydrogen-bond acceptors (Lipinski definition) is 6. The zero-order valence-electron chi connectivity index (χ0n) is 17.1. The molecular formula is C21H28N2O6. The van der Waals surface area contributed by atoms with Crippen LogP contribution >= 0.6 is 0 Å². The summed E-state index contributed by atoms with van der Waals surface area (Å²) < 4.78 is 22.1. The Hall–Kier alpha value is -2.74. The lowest BCUT2D eigenvalue weighted by Crippen LogP contribution is -2.45. The van der Waals surface area contributed by atoms with Gasteiger partial charge in [0.1, 0.15) is 6.61 Å². The molecule has 0 spiro atoms. The number of benzene rings is 1. The third-order valence-electron chi connectivity index (χ3n) is 4.90. The molecule has 2 aliphatic heterocycles. The first-order valence-electron chi connectivity index (χ1n) is 9.91. The average Bonchev–Trinajstić information content (AvgIpc) is 3.23. The topological polar surface area (TPSA) is 95.1 Å². The fourth-order valence-corrected chi connectivity index (χ4v) is 3.43. The highest BCUT2D eigenvalue weighted by Gasteiger charge is 2.33. The normalized spacial score (nSPS) is 21.4. The van der Waals surface area contributed by atoms with Crippen LogP contribution in [0.15, 0.2) is 29.5 Å². The Morgan fingerprint density at radius 1 is 1.31 bits per heavy atom. The fourth-order valence-electron chi connectivity index (χ4n) is 3.43. The molecule has 1 fully saturated rings. The van der Waals surface area contributed by atoms with Crippen molar-refractivity contribution in [1.29, 1.82) is 0 Å². The van der Waals surface area contributed by atoms with Gasteiger partial charge in [0.15, 0.2) is 11.5 Å². The maximum Gasteiger partial charge on any atom is 0.338 e. The molecule has 0 aromatic heterocycles. The highest BCUT2D eigenvalue weighted by molar-refractivity contribution is 5.95. The summed E-state index contributed by atoms with van der Waals surface area (Å²) in [6.07, 6.45) is 2.65. The number of ether oxygens (including phenoxy) is 4. The maximum absolute atomic E-state index is 12.8. The van der Waals surface area contributed by atoms with E-state index in [1.165, 1.54) is 0 Å². The van der Waals surface area contributed by atoms with E-state index >= 15 is 0 Å². The molecule has 0 radical (unpaired) electrons. The summed E-state index contributed by atoms with van der Waals surface area (Å²) in [4.78, 5) is 24.9. The molecule has 1 aromatic rings. The molecule has 0 bridgehead atoms. The second kappa shape index (κ2) is 9.65. The highest BCUT2D eigenvalue weighted by Crippen LogP contribution is 2.34. The van der Waals surface area contributed by atoms with Crippen LogP contribution in [0.25, 0.3) is 0 Å². The Bertz CT molecular complexity index is 785. The minimum absolute atomic E-state index is 0.0699. The largest absolute Gasteiger partial charge is 0.493 e. The number of hydrogen-bond donors (Lipinski definition) is 2. The number of allylic oxidation sites excluding steroid dienone is 1. The van der Waals surface area contributed by atoms with Crippen molar-refractivity contribution in [3.05, 3.63) is 35.0 Å². The molecule has 158 valence electrons. The molecule has 0 unspecified atom stereocenters. The van der Waals surface area contributed by atoms with Gasteiger partial charge in [-0.25, -0.2) is 9.59 Å². The van der Waals surface area contributed by atoms with Gasteiger partial charge in [-0.1, -0.05) is 13.0 Å². The Labute approximate surface area is 170 Å². The lowest BCUT2D eigenvalue weighted by Gasteiger charge is -2.28. The summed E-state index contributed by atoms with van der Waals surface area (Å²) in [5, 5.41) is 5.45. The maximum atomic E-state index is 12.8. The van der Waals surface area contributed by atoms with Crippen molar-refractivity contribution < 1.29 is 28.5 Å². The van der Waals surface area contributed by atoms with Crippen LogP contribution in [0.5, 0.6) is 11.5 Å². The molecule has 2 atom stereocenters. The number of carbonyl (C=O) groups is 2. The van der Waals surface area contributed by atoms with Crippen molar-refractivity contribution in [2.75, 3.05) is 26.9 Å². The molecule has 3 rings (SSSR count). The summed E-state index contributed by atoms with van der Waals surface area (Å²) in [6.45, 7) is 5.16. The third kappa shape index (κ3) is 5.00. The van der Waals surface area contributed by atoms with Crippen LogP contribution in [0.2, 0.25) is 0 Å². The number of methoxy groups -OCH3 is 1. The van der Waals surface area contributed by atoms with Gasteiger partial charge in [0.2, 0.25) is 0 Å². The van der Waals surface area contributed by atoms with Crippen molar-refractivity contribution in [2.24, 2.45) is 0 Å². The third-order valence-corrected chi connectivity index (χ3v) is 4.90. The lowest BCUT2D eigenvalue weighted by molar-refractivity contribution is -0.142. The quantitative estimate of drug-likeness (QED) is 0.647. The van der Waals surface area contributed by atoms with E-state index in [0.29, 0.717) is 41.5 Å². The predicted molar refractivity (Wildman–Crippen MR) is 106 cm³/mol. The van der Waals surface area contributed by atoms with Gasteiger partial charge in [-0.3, -0.25) is 0 Å². The van der Waals surface area contributed by atoms with Crippen molar-refractivity contribution in [1.82, 2.24) is 10.6 Å². The minimum atomic E-state index is -0.658. The van der Waals surface area contributed by atoms with Gasteiger partial charge in [-0.15, -0.1) is 0 Å². The summed E-state index contributed by atoms with van der Waals surface area (Å²) in [5.74, 6) is 0.663. The Morgan fingerprint density at radius 2 is 2.14 bits per heavy atom. The van der Waals surface area contributed by atoms with Crippen LogP contribution in [-0.4, -0.2) is 45.0 Å². The summed E-state index contributed by atoms with van der Waals surface area (Å²) in [7, 11) is 1.55. The average molecular weight is 404 g/mol. The number of nitrogens with one attached hydrogen (secondary N) is 2. The lowest BCUT2D eigenvalue weighted by atomic mass is 9.95. The fraction of sp³-hybridized carbons (Fsp3) is 0.524. The minimum Gasteiger partial charge on any atom is -0.493 e. The van der Waals surface area contributed by atoms with Crippen LogP contribution in [-0.2, 0) is 14.3 Å². The number of carbonyl (C=O) groups excluding carboxylic acids is 2. The summed E-state index contributed by atoms with van der Waals surface area (Å²) >= 11 is 0. The number of urea groups is 1. The smallest absolute Gasteiger partial charge is 0.338 e. The molecular weight excluding hydrogens is 376 g/mol. The van der Waals surface area contributed by atoms with Gasteiger partial charge in [-0.05, 0) is 43.9 Å². The van der Waals surface area contributed by atoms with Crippen molar-refractivity contribution in [2.45, 2.75) is 45.3 Å². The van der Waals surface area contributed by atoms with Crippen molar-refractivity contribution >= 4 is 12.0 Å². The Kier molecular flexibility index (Phi) is 6.98. The highest BCUT2D eigenvalue weighted by atomic mass is 16.6. The molecule has 2 N–H and O–H groups in total. The summed E-state index contributed by atoms with van der Waals surface area (Å²) in [6, 6.07) is 4.32. The molecule has 29 heavy (non-hydrogen) atoms. The first-order valence-corrected chi connectivity index (χ1v) is 9.91. The first-order chi connectivity index (χ1) is 14.0. The molecule has 8 heteroatoms. The number of esters is 1. The van der Waals surface area contributed by atoms with Crippen LogP contribution in [0.3, 0.4) is 0 Å². The van der Waals surface area contributed by atoms with Gasteiger partial charge in [0.05, 0.1) is 31.4 Å². The first kappa shape index (κ1) is 21.0. The van der Waals surface area contributed by atoms with Crippen molar-refractivity contribution in [3.8, 4) is 11.5 Å². The van der Waals surface area contributed by atoms with Gasteiger partial charge in [0, 0.05) is 12.3 Å². The number of rotatable bonds is 8. The van der Waals surface area contributed by atoms with E-state index in [4.69, 9.17) is 18.9 Å². The zero-order valence-corrected chi connectivity index (χ0v) is 17.1. The second-order valence-electron chi connectivity index (χ2n) is 7.06. The predicted octanol–water partition coefficient (Wildman–Crippen LogP) is 2.83. The van der Waals surface area contributed by atoms with Gasteiger partial charge in [0.25, 0.3) is 0 Å². The van der Waals surface area contributed by atoms with Crippen LogP contribution < -0.4 is 20.1 Å². The van der Waals surface area contributed by atoms with E-state index < -0.39 is 12.0 Å². The van der Waals surface area contributed by atoms with E-state index in [0.717, 1.165) is 19.3 Å². The van der Waals surface area contributed by atoms with E-state index in [1.54, 1.807) is 26.2 Å². The molecule has 1 saturated heterocycles. The van der Waals surface area contributed by atoms with Gasteiger partial charge in [-0.2, -0.15) is 0 Å². The van der Waals surface area contributed by atoms with E-state index in [-0.39, 0.29) is 18.7 Å². The van der Waals surface area contributed by atoms with Crippen LogP contribution in [0.4, 0.5) is 4.79 Å². The van der Waals surface area contributed by atoms with Crippen molar-refractivity contribution in [3.63, 3.8) is 0 Å². The van der Waals surface area contributed by atoms with Gasteiger partial charge >= 0.3 is 12.0 Å². The molecule has 2 aliphatic rings. The monoisotopic (exact) mass is 404 g/mol. The number of amides is 2. The Morgan fingerprint density at radius 3 is 2.83 bits per heavy atom. The standard InChI is InChI=1S/C21H28N2O6/c1-4-9-28-16-8-7-14(11-17(16)26-3)19-18(13(2)22-21(25)23-19)20(24)29-12-15-6-5-10-27-15/h7-8,11,15,19H,4-6,9-10,12H2,1-3H3,(H2,22,23,25)/t15-,19+/m1/s1.